The Bertz CT molecular complexity index is 195. The van der Waals surface area contributed by atoms with E-state index in [-0.39, 0.29) is 0 Å². The summed E-state index contributed by atoms with van der Waals surface area (Å²) in [6.07, 6.45) is 6.62. The minimum absolute atomic E-state index is 0.432. The molecule has 0 radical (unpaired) electrons. The van der Waals surface area contributed by atoms with Gasteiger partial charge in [0, 0.05) is 6.04 Å². The van der Waals surface area contributed by atoms with Gasteiger partial charge in [0.25, 0.3) is 0 Å². The van der Waals surface area contributed by atoms with Crippen LogP contribution in [-0.2, 0) is 0 Å². The van der Waals surface area contributed by atoms with E-state index in [0.29, 0.717) is 6.04 Å². The van der Waals surface area contributed by atoms with Crippen LogP contribution in [0.3, 0.4) is 0 Å². The van der Waals surface area contributed by atoms with Gasteiger partial charge in [-0.1, -0.05) is 11.5 Å². The molecule has 60 valence electrons. The third-order valence-corrected chi connectivity index (χ3v) is 2.09. The van der Waals surface area contributed by atoms with Crippen molar-refractivity contribution in [2.75, 3.05) is 0 Å². The van der Waals surface area contributed by atoms with E-state index in [1.807, 2.05) is 13.0 Å². The largest absolute Gasteiger partial charge is 0.328 e. The summed E-state index contributed by atoms with van der Waals surface area (Å²) in [5.74, 6) is 5.85. The van der Waals surface area contributed by atoms with Crippen LogP contribution in [0.25, 0.3) is 0 Å². The lowest BCUT2D eigenvalue weighted by Crippen LogP contribution is -2.23. The van der Waals surface area contributed by atoms with Crippen LogP contribution in [0.4, 0.5) is 0 Å². The molecule has 0 atom stereocenters. The highest BCUT2D eigenvalue weighted by Gasteiger charge is 2.11. The van der Waals surface area contributed by atoms with Crippen molar-refractivity contribution in [2.45, 2.75) is 38.6 Å². The third-order valence-electron chi connectivity index (χ3n) is 2.09. The highest BCUT2D eigenvalue weighted by Crippen LogP contribution is 2.21. The fourth-order valence-corrected chi connectivity index (χ4v) is 1.33. The van der Waals surface area contributed by atoms with Gasteiger partial charge in [-0.25, -0.2) is 0 Å². The Labute approximate surface area is 68.7 Å². The van der Waals surface area contributed by atoms with Gasteiger partial charge < -0.3 is 5.73 Å². The third kappa shape index (κ3) is 2.78. The Kier molecular flexibility index (Phi) is 3.19. The first-order valence-electron chi connectivity index (χ1n) is 4.18. The van der Waals surface area contributed by atoms with Gasteiger partial charge >= 0.3 is 0 Å². The zero-order valence-electron chi connectivity index (χ0n) is 7.06. The smallest absolute Gasteiger partial charge is 0.00449 e. The zero-order valence-corrected chi connectivity index (χ0v) is 7.06. The van der Waals surface area contributed by atoms with Gasteiger partial charge in [-0.15, -0.1) is 5.92 Å². The van der Waals surface area contributed by atoms with Crippen LogP contribution < -0.4 is 5.73 Å². The molecule has 1 nitrogen and oxygen atoms in total. The van der Waals surface area contributed by atoms with Crippen molar-refractivity contribution in [1.29, 1.82) is 0 Å². The molecule has 0 saturated heterocycles. The Morgan fingerprint density at radius 2 is 2.09 bits per heavy atom. The first kappa shape index (κ1) is 8.36. The van der Waals surface area contributed by atoms with E-state index >= 15 is 0 Å². The van der Waals surface area contributed by atoms with Gasteiger partial charge in [-0.2, -0.15) is 0 Å². The topological polar surface area (TPSA) is 26.0 Å². The van der Waals surface area contributed by atoms with Crippen LogP contribution in [0.5, 0.6) is 0 Å². The second-order valence-electron chi connectivity index (χ2n) is 3.03. The molecule has 0 amide bonds. The number of rotatable bonds is 0. The van der Waals surface area contributed by atoms with Crippen LogP contribution in [0.1, 0.15) is 32.6 Å². The number of hydrogen-bond donors (Lipinski definition) is 1. The molecule has 0 bridgehead atoms. The van der Waals surface area contributed by atoms with E-state index in [9.17, 15) is 0 Å². The van der Waals surface area contributed by atoms with E-state index < -0.39 is 0 Å². The number of allylic oxidation sites excluding steroid dienone is 2. The summed E-state index contributed by atoms with van der Waals surface area (Å²) in [4.78, 5) is 0. The molecule has 1 rings (SSSR count). The average Bonchev–Trinajstić information content (AvgIpc) is 2.04. The molecular formula is C10H15N. The maximum Gasteiger partial charge on any atom is 0.00449 e. The minimum atomic E-state index is 0.432. The Morgan fingerprint density at radius 3 is 2.64 bits per heavy atom. The monoisotopic (exact) mass is 149 g/mol. The van der Waals surface area contributed by atoms with Crippen LogP contribution in [-0.4, -0.2) is 6.04 Å². The van der Waals surface area contributed by atoms with Crippen LogP contribution in [0.2, 0.25) is 0 Å². The van der Waals surface area contributed by atoms with E-state index in [1.165, 1.54) is 5.57 Å². The fraction of sp³-hybridized carbons (Fsp3) is 0.600. The first-order valence-corrected chi connectivity index (χ1v) is 4.18. The zero-order chi connectivity index (χ0) is 8.10. The average molecular weight is 149 g/mol. The van der Waals surface area contributed by atoms with Crippen molar-refractivity contribution in [3.05, 3.63) is 11.6 Å². The summed E-state index contributed by atoms with van der Waals surface area (Å²) in [6, 6.07) is 0.432. The SMILES string of the molecule is CC#CC=C1CCC(N)CC1. The van der Waals surface area contributed by atoms with Crippen molar-refractivity contribution < 1.29 is 0 Å². The molecule has 0 unspecified atom stereocenters. The van der Waals surface area contributed by atoms with Gasteiger partial charge in [-0.05, 0) is 38.7 Å². The maximum atomic E-state index is 5.76. The van der Waals surface area contributed by atoms with Crippen molar-refractivity contribution >= 4 is 0 Å². The highest BCUT2D eigenvalue weighted by atomic mass is 14.6. The van der Waals surface area contributed by atoms with Crippen molar-refractivity contribution in [3.63, 3.8) is 0 Å². The highest BCUT2D eigenvalue weighted by molar-refractivity contribution is 5.21. The molecule has 1 aliphatic rings. The molecule has 0 aliphatic heterocycles. The van der Waals surface area contributed by atoms with Crippen molar-refractivity contribution in [2.24, 2.45) is 5.73 Å². The fourth-order valence-electron chi connectivity index (χ4n) is 1.33. The number of nitrogens with two attached hydrogens (primary N) is 1. The molecule has 1 heteroatoms. The van der Waals surface area contributed by atoms with E-state index in [1.54, 1.807) is 0 Å². The van der Waals surface area contributed by atoms with Gasteiger partial charge in [0.1, 0.15) is 0 Å². The molecule has 0 spiro atoms. The number of hydrogen-bond acceptors (Lipinski definition) is 1. The van der Waals surface area contributed by atoms with Crippen molar-refractivity contribution in [3.8, 4) is 11.8 Å². The summed E-state index contributed by atoms with van der Waals surface area (Å²) in [6.45, 7) is 1.87. The molecule has 1 fully saturated rings. The lowest BCUT2D eigenvalue weighted by atomic mass is 9.91. The lowest BCUT2D eigenvalue weighted by molar-refractivity contribution is 0.512. The maximum absolute atomic E-state index is 5.76. The molecule has 11 heavy (non-hydrogen) atoms. The van der Waals surface area contributed by atoms with E-state index in [0.717, 1.165) is 25.7 Å². The summed E-state index contributed by atoms with van der Waals surface area (Å²) in [5.41, 5.74) is 7.24. The second kappa shape index (κ2) is 4.20. The van der Waals surface area contributed by atoms with Crippen LogP contribution >= 0.6 is 0 Å². The Balaban J connectivity index is 2.42. The Morgan fingerprint density at radius 1 is 1.45 bits per heavy atom. The second-order valence-corrected chi connectivity index (χ2v) is 3.03. The molecule has 1 saturated carbocycles. The minimum Gasteiger partial charge on any atom is -0.328 e. The summed E-state index contributed by atoms with van der Waals surface area (Å²) in [5, 5.41) is 0. The van der Waals surface area contributed by atoms with Gasteiger partial charge in [0.15, 0.2) is 0 Å². The predicted octanol–water partition coefficient (Wildman–Crippen LogP) is 1.84. The quantitative estimate of drug-likeness (QED) is 0.522. The molecule has 0 aromatic heterocycles. The molecule has 0 aromatic carbocycles. The van der Waals surface area contributed by atoms with Crippen LogP contribution in [0.15, 0.2) is 11.6 Å². The lowest BCUT2D eigenvalue weighted by Gasteiger charge is -2.19. The van der Waals surface area contributed by atoms with Gasteiger partial charge in [0.2, 0.25) is 0 Å². The van der Waals surface area contributed by atoms with Gasteiger partial charge in [0.05, 0.1) is 0 Å². The summed E-state index contributed by atoms with van der Waals surface area (Å²) >= 11 is 0. The van der Waals surface area contributed by atoms with E-state index in [2.05, 4.69) is 11.8 Å². The predicted molar refractivity (Wildman–Crippen MR) is 48.0 cm³/mol. The molecule has 0 heterocycles. The summed E-state index contributed by atoms with van der Waals surface area (Å²) in [7, 11) is 0. The Hall–Kier alpha value is -0.740. The van der Waals surface area contributed by atoms with Crippen molar-refractivity contribution in [1.82, 2.24) is 0 Å². The van der Waals surface area contributed by atoms with Crippen LogP contribution in [0, 0.1) is 11.8 Å². The molecule has 0 aromatic rings. The summed E-state index contributed by atoms with van der Waals surface area (Å²) < 4.78 is 0. The van der Waals surface area contributed by atoms with Gasteiger partial charge in [-0.3, -0.25) is 0 Å². The molecule has 1 aliphatic carbocycles. The molecular weight excluding hydrogens is 134 g/mol. The standard InChI is InChI=1S/C10H15N/c1-2-3-4-9-5-7-10(11)8-6-9/h4,10H,5-8,11H2,1H3. The van der Waals surface area contributed by atoms with E-state index in [4.69, 9.17) is 5.73 Å². The first-order chi connectivity index (χ1) is 5.33. The normalized spacial score (nSPS) is 23.8. The molecule has 2 N–H and O–H groups in total.